The minimum atomic E-state index is -0.470. The zero-order valence-corrected chi connectivity index (χ0v) is 25.5. The molecule has 0 bridgehead atoms. The number of benzene rings is 3. The van der Waals surface area contributed by atoms with Gasteiger partial charge in [0.2, 0.25) is 0 Å². The topological polar surface area (TPSA) is 94.8 Å². The zero-order valence-electron chi connectivity index (χ0n) is 21.6. The summed E-state index contributed by atoms with van der Waals surface area (Å²) in [6.45, 7) is 5.59. The first-order valence-electron chi connectivity index (χ1n) is 11.8. The predicted octanol–water partition coefficient (Wildman–Crippen LogP) is 6.78. The quantitative estimate of drug-likeness (QED) is 0.218. The smallest absolute Gasteiger partial charge is 0.282 e. The second-order valence-electron chi connectivity index (χ2n) is 9.54. The van der Waals surface area contributed by atoms with E-state index in [9.17, 15) is 9.59 Å². The van der Waals surface area contributed by atoms with Crippen molar-refractivity contribution in [2.24, 2.45) is 5.10 Å². The number of para-hydroxylation sites is 1. The molecule has 0 spiro atoms. The van der Waals surface area contributed by atoms with Gasteiger partial charge in [0, 0.05) is 25.6 Å². The molecular weight excluding hydrogens is 652 g/mol. The summed E-state index contributed by atoms with van der Waals surface area (Å²) < 4.78 is 13.7. The maximum Gasteiger partial charge on any atom is 0.282 e. The van der Waals surface area contributed by atoms with Crippen LogP contribution < -0.4 is 20.3 Å². The average molecular weight is 677 g/mol. The lowest BCUT2D eigenvalue weighted by Crippen LogP contribution is -2.29. The van der Waals surface area contributed by atoms with Crippen LogP contribution in [0.25, 0.3) is 10.9 Å². The molecule has 0 radical (unpaired) electrons. The Balaban J connectivity index is 1.68. The molecule has 39 heavy (non-hydrogen) atoms. The number of anilines is 1. The lowest BCUT2D eigenvalue weighted by molar-refractivity contribution is -0.118. The van der Waals surface area contributed by atoms with Gasteiger partial charge < -0.3 is 14.8 Å². The van der Waals surface area contributed by atoms with Gasteiger partial charge >= 0.3 is 0 Å². The minimum Gasteiger partial charge on any atom is -0.493 e. The summed E-state index contributed by atoms with van der Waals surface area (Å²) in [6.07, 6.45) is 1.49. The van der Waals surface area contributed by atoms with Gasteiger partial charge in [0.15, 0.2) is 18.1 Å². The van der Waals surface area contributed by atoms with Crippen molar-refractivity contribution >= 4 is 72.2 Å². The zero-order chi connectivity index (χ0) is 28.3. The molecule has 1 amide bonds. The lowest BCUT2D eigenvalue weighted by atomic mass is 9.95. The van der Waals surface area contributed by atoms with Gasteiger partial charge in [-0.2, -0.15) is 9.78 Å². The molecule has 0 saturated heterocycles. The molecule has 4 aromatic rings. The van der Waals surface area contributed by atoms with E-state index >= 15 is 0 Å². The van der Waals surface area contributed by atoms with Gasteiger partial charge in [-0.05, 0) is 52.3 Å². The van der Waals surface area contributed by atoms with Crippen molar-refractivity contribution in [1.82, 2.24) is 9.66 Å². The van der Waals surface area contributed by atoms with E-state index in [0.717, 1.165) is 4.47 Å². The molecule has 0 atom stereocenters. The number of nitrogens with one attached hydrogen (secondary N) is 1. The van der Waals surface area contributed by atoms with Crippen LogP contribution in [-0.2, 0) is 10.2 Å². The second-order valence-corrected chi connectivity index (χ2v) is 11.6. The summed E-state index contributed by atoms with van der Waals surface area (Å²) in [5.74, 6) is 0.625. The Labute approximate surface area is 247 Å². The van der Waals surface area contributed by atoms with Crippen LogP contribution in [0.15, 0.2) is 73.4 Å². The second kappa shape index (κ2) is 11.9. The molecule has 1 aromatic heterocycles. The first kappa shape index (κ1) is 28.8. The van der Waals surface area contributed by atoms with Gasteiger partial charge in [-0.1, -0.05) is 66.5 Å². The predicted molar refractivity (Wildman–Crippen MR) is 162 cm³/mol. The van der Waals surface area contributed by atoms with E-state index < -0.39 is 5.41 Å². The van der Waals surface area contributed by atoms with Crippen molar-refractivity contribution in [2.45, 2.75) is 26.2 Å². The highest BCUT2D eigenvalue weighted by Crippen LogP contribution is 2.42. The number of aromatic nitrogens is 2. The largest absolute Gasteiger partial charge is 0.493 e. The first-order chi connectivity index (χ1) is 18.5. The number of carbonyl (C=O) groups excluding carboxylic acids is 1. The van der Waals surface area contributed by atoms with Crippen LogP contribution in [-0.4, -0.2) is 35.5 Å². The Hall–Kier alpha value is -3.21. The number of hydrogen-bond acceptors (Lipinski definition) is 6. The molecule has 0 fully saturated rings. The van der Waals surface area contributed by atoms with Crippen molar-refractivity contribution in [3.05, 3.63) is 90.3 Å². The van der Waals surface area contributed by atoms with Gasteiger partial charge in [-0.15, -0.1) is 0 Å². The van der Waals surface area contributed by atoms with Crippen LogP contribution in [0.3, 0.4) is 0 Å². The third-order valence-electron chi connectivity index (χ3n) is 5.57. The van der Waals surface area contributed by atoms with E-state index in [4.69, 9.17) is 26.1 Å². The van der Waals surface area contributed by atoms with E-state index in [1.807, 2.05) is 45.0 Å². The van der Waals surface area contributed by atoms with Crippen molar-refractivity contribution < 1.29 is 14.3 Å². The fourth-order valence-corrected chi connectivity index (χ4v) is 4.72. The maximum absolute atomic E-state index is 13.4. The van der Waals surface area contributed by atoms with E-state index in [1.54, 1.807) is 30.3 Å². The fourth-order valence-electron chi connectivity index (χ4n) is 3.70. The van der Waals surface area contributed by atoms with E-state index in [2.05, 4.69) is 42.3 Å². The summed E-state index contributed by atoms with van der Waals surface area (Å²) in [5, 5.41) is 7.87. The summed E-state index contributed by atoms with van der Waals surface area (Å²) in [4.78, 5) is 30.5. The van der Waals surface area contributed by atoms with Gasteiger partial charge in [-0.25, -0.2) is 4.98 Å². The van der Waals surface area contributed by atoms with Gasteiger partial charge in [0.05, 0.1) is 24.2 Å². The standard InChI is InChI=1S/C28H25Br2ClN4O4/c1-28(2,3)27-34-20-11-10-17(29)13-19(20)26(37)35(27)32-14-16-12-21(38-4)25(24(31)23(16)30)39-15-22(36)33-18-8-6-5-7-9-18/h5-14H,15H2,1-4H3,(H,33,36). The molecular formula is C28H25Br2ClN4O4. The maximum atomic E-state index is 13.4. The highest BCUT2D eigenvalue weighted by atomic mass is 79.9. The fraction of sp³-hybridized carbons (Fsp3) is 0.214. The molecule has 4 rings (SSSR count). The molecule has 0 unspecified atom stereocenters. The van der Waals surface area contributed by atoms with Crippen LogP contribution in [0.2, 0.25) is 5.02 Å². The van der Waals surface area contributed by atoms with Crippen LogP contribution in [0, 0.1) is 0 Å². The number of nitrogens with zero attached hydrogens (tertiary/aromatic N) is 3. The third kappa shape index (κ3) is 6.51. The molecule has 3 aromatic carbocycles. The molecule has 1 N–H and O–H groups in total. The number of amides is 1. The number of fused-ring (bicyclic) bond motifs is 1. The number of methoxy groups -OCH3 is 1. The lowest BCUT2D eigenvalue weighted by Gasteiger charge is -2.21. The van der Waals surface area contributed by atoms with E-state index in [0.29, 0.717) is 38.2 Å². The number of hydrogen-bond donors (Lipinski definition) is 1. The number of halogens is 3. The Morgan fingerprint density at radius 1 is 1.15 bits per heavy atom. The van der Waals surface area contributed by atoms with Crippen LogP contribution in [0.4, 0.5) is 5.69 Å². The number of ether oxygens (including phenoxy) is 2. The molecule has 0 aliphatic rings. The highest BCUT2D eigenvalue weighted by molar-refractivity contribution is 9.10. The Morgan fingerprint density at radius 2 is 1.87 bits per heavy atom. The number of carbonyl (C=O) groups is 1. The van der Waals surface area contributed by atoms with Crippen molar-refractivity contribution in [3.63, 3.8) is 0 Å². The Bertz CT molecular complexity index is 1630. The van der Waals surface area contributed by atoms with Gasteiger partial charge in [-0.3, -0.25) is 9.59 Å². The summed E-state index contributed by atoms with van der Waals surface area (Å²) in [5.41, 5.74) is 0.989. The molecule has 8 nitrogen and oxygen atoms in total. The minimum absolute atomic E-state index is 0.187. The van der Waals surface area contributed by atoms with E-state index in [-0.39, 0.29) is 28.8 Å². The molecule has 11 heteroatoms. The van der Waals surface area contributed by atoms with Gasteiger partial charge in [0.1, 0.15) is 10.8 Å². The van der Waals surface area contributed by atoms with Crippen molar-refractivity contribution in [1.29, 1.82) is 0 Å². The van der Waals surface area contributed by atoms with Crippen molar-refractivity contribution in [2.75, 3.05) is 19.0 Å². The molecule has 1 heterocycles. The average Bonchev–Trinajstić information content (AvgIpc) is 2.89. The van der Waals surface area contributed by atoms with E-state index in [1.165, 1.54) is 18.0 Å². The Kier molecular flexibility index (Phi) is 8.78. The molecule has 0 aliphatic carbocycles. The highest BCUT2D eigenvalue weighted by Gasteiger charge is 2.23. The third-order valence-corrected chi connectivity index (χ3v) is 7.51. The monoisotopic (exact) mass is 674 g/mol. The summed E-state index contributed by atoms with van der Waals surface area (Å²) in [6, 6.07) is 16.1. The van der Waals surface area contributed by atoms with Crippen molar-refractivity contribution in [3.8, 4) is 11.5 Å². The normalized spacial score (nSPS) is 11.7. The Morgan fingerprint density at radius 3 is 2.54 bits per heavy atom. The molecule has 202 valence electrons. The SMILES string of the molecule is COc1cc(C=Nn2c(C(C)(C)C)nc3ccc(Br)cc3c2=O)c(Br)c(Cl)c1OCC(=O)Nc1ccccc1. The summed E-state index contributed by atoms with van der Waals surface area (Å²) in [7, 11) is 1.46. The summed E-state index contributed by atoms with van der Waals surface area (Å²) >= 11 is 13.5. The van der Waals surface area contributed by atoms with Crippen LogP contribution in [0.1, 0.15) is 32.2 Å². The van der Waals surface area contributed by atoms with Crippen LogP contribution in [0.5, 0.6) is 11.5 Å². The van der Waals surface area contributed by atoms with Gasteiger partial charge in [0.25, 0.3) is 11.5 Å². The number of rotatable bonds is 7. The molecule has 0 saturated carbocycles. The molecule has 0 aliphatic heterocycles. The first-order valence-corrected chi connectivity index (χ1v) is 13.8. The van der Waals surface area contributed by atoms with Crippen LogP contribution >= 0.6 is 43.5 Å².